The summed E-state index contributed by atoms with van der Waals surface area (Å²) >= 11 is 0.955. The Morgan fingerprint density at radius 2 is 2.00 bits per heavy atom. The number of carbonyl (C=O) groups is 2. The van der Waals surface area contributed by atoms with Crippen molar-refractivity contribution in [3.63, 3.8) is 0 Å². The summed E-state index contributed by atoms with van der Waals surface area (Å²) in [5, 5.41) is 3.82. The molecule has 9 heteroatoms. The van der Waals surface area contributed by atoms with Gasteiger partial charge in [-0.25, -0.2) is 4.39 Å². The van der Waals surface area contributed by atoms with E-state index in [9.17, 15) is 14.0 Å². The summed E-state index contributed by atoms with van der Waals surface area (Å²) in [6, 6.07) is 5.28. The Kier molecular flexibility index (Phi) is 5.58. The third kappa shape index (κ3) is 4.46. The normalized spacial score (nSPS) is 11.6. The number of benzene rings is 1. The first-order chi connectivity index (χ1) is 11.0. The van der Waals surface area contributed by atoms with Crippen LogP contribution < -0.4 is 15.6 Å². The molecule has 0 saturated heterocycles. The fraction of sp³-hybridized carbons (Fsp3) is 0.286. The van der Waals surface area contributed by atoms with Crippen LogP contribution in [-0.2, 0) is 11.2 Å². The van der Waals surface area contributed by atoms with E-state index < -0.39 is 23.7 Å². The van der Waals surface area contributed by atoms with Gasteiger partial charge in [-0.3, -0.25) is 20.4 Å². The molecule has 0 bridgehead atoms. The first-order valence-corrected chi connectivity index (χ1v) is 7.62. The molecule has 23 heavy (non-hydrogen) atoms. The lowest BCUT2D eigenvalue weighted by Crippen LogP contribution is -2.47. The molecular formula is C14H15FN4O3S. The molecule has 1 atom stereocenters. The molecule has 2 aromatic rings. The molecule has 122 valence electrons. The molecular weight excluding hydrogens is 323 g/mol. The van der Waals surface area contributed by atoms with E-state index in [0.717, 1.165) is 11.5 Å². The van der Waals surface area contributed by atoms with Crippen molar-refractivity contribution < 1.29 is 18.7 Å². The molecule has 7 nitrogen and oxygen atoms in total. The SMILES string of the molecule is CCc1nnsc1C(=O)NNC(=O)[C@H](C)Oc1ccc(F)cc1. The standard InChI is InChI=1S/C14H15FN4O3S/c1-3-11-12(23-19-16-11)14(21)18-17-13(20)8(2)22-10-6-4-9(15)5-7-10/h4-8H,3H2,1-2H3,(H,17,20)(H,18,21)/t8-/m0/s1. The average Bonchev–Trinajstić information content (AvgIpc) is 3.03. The van der Waals surface area contributed by atoms with E-state index >= 15 is 0 Å². The fourth-order valence-corrected chi connectivity index (χ4v) is 2.31. The Morgan fingerprint density at radius 3 is 2.65 bits per heavy atom. The monoisotopic (exact) mass is 338 g/mol. The van der Waals surface area contributed by atoms with Crippen LogP contribution >= 0.6 is 11.5 Å². The highest BCUT2D eigenvalue weighted by Gasteiger charge is 2.18. The van der Waals surface area contributed by atoms with Gasteiger partial charge in [0, 0.05) is 0 Å². The second kappa shape index (κ2) is 7.63. The summed E-state index contributed by atoms with van der Waals surface area (Å²) in [5.74, 6) is -1.08. The molecule has 1 heterocycles. The molecule has 1 aromatic heterocycles. The van der Waals surface area contributed by atoms with Gasteiger partial charge in [-0.1, -0.05) is 11.4 Å². The smallest absolute Gasteiger partial charge is 0.283 e. The van der Waals surface area contributed by atoms with Gasteiger partial charge in [-0.15, -0.1) is 5.10 Å². The van der Waals surface area contributed by atoms with Crippen LogP contribution in [0.2, 0.25) is 0 Å². The Balaban J connectivity index is 1.86. The zero-order chi connectivity index (χ0) is 16.8. The largest absolute Gasteiger partial charge is 0.481 e. The van der Waals surface area contributed by atoms with Gasteiger partial charge < -0.3 is 4.74 Å². The summed E-state index contributed by atoms with van der Waals surface area (Å²) in [6.07, 6.45) is -0.303. The molecule has 0 fully saturated rings. The number of hydrazine groups is 1. The highest BCUT2D eigenvalue weighted by Crippen LogP contribution is 2.13. The van der Waals surface area contributed by atoms with E-state index in [0.29, 0.717) is 22.7 Å². The van der Waals surface area contributed by atoms with Crippen molar-refractivity contribution in [3.05, 3.63) is 40.7 Å². The molecule has 0 unspecified atom stereocenters. The highest BCUT2D eigenvalue weighted by atomic mass is 32.1. The second-order valence-electron chi connectivity index (χ2n) is 4.56. The number of carbonyl (C=O) groups excluding carboxylic acids is 2. The van der Waals surface area contributed by atoms with Crippen LogP contribution in [0, 0.1) is 5.82 Å². The van der Waals surface area contributed by atoms with Gasteiger partial charge in [0.2, 0.25) is 0 Å². The quantitative estimate of drug-likeness (QED) is 0.805. The minimum Gasteiger partial charge on any atom is -0.481 e. The number of amides is 2. The maximum absolute atomic E-state index is 12.8. The van der Waals surface area contributed by atoms with Gasteiger partial charge in [0.1, 0.15) is 16.4 Å². The van der Waals surface area contributed by atoms with Crippen LogP contribution in [0.3, 0.4) is 0 Å². The number of hydrogen-bond acceptors (Lipinski definition) is 6. The van der Waals surface area contributed by atoms with Gasteiger partial charge in [0.15, 0.2) is 6.10 Å². The van der Waals surface area contributed by atoms with Crippen molar-refractivity contribution in [2.75, 3.05) is 0 Å². The zero-order valence-electron chi connectivity index (χ0n) is 12.5. The average molecular weight is 338 g/mol. The van der Waals surface area contributed by atoms with Gasteiger partial charge in [0.05, 0.1) is 5.69 Å². The van der Waals surface area contributed by atoms with Crippen LogP contribution in [0.1, 0.15) is 29.2 Å². The molecule has 0 spiro atoms. The number of hydrogen-bond donors (Lipinski definition) is 2. The maximum Gasteiger partial charge on any atom is 0.283 e. The van der Waals surface area contributed by atoms with Crippen LogP contribution in [-0.4, -0.2) is 27.5 Å². The third-order valence-electron chi connectivity index (χ3n) is 2.89. The van der Waals surface area contributed by atoms with Crippen LogP contribution in [0.15, 0.2) is 24.3 Å². The summed E-state index contributed by atoms with van der Waals surface area (Å²) in [5.41, 5.74) is 5.12. The van der Waals surface area contributed by atoms with Crippen LogP contribution in [0.4, 0.5) is 4.39 Å². The molecule has 2 N–H and O–H groups in total. The molecule has 2 rings (SSSR count). The second-order valence-corrected chi connectivity index (χ2v) is 5.31. The highest BCUT2D eigenvalue weighted by molar-refractivity contribution is 7.08. The number of rotatable bonds is 5. The van der Waals surface area contributed by atoms with E-state index in [-0.39, 0.29) is 0 Å². The lowest BCUT2D eigenvalue weighted by atomic mass is 10.3. The van der Waals surface area contributed by atoms with E-state index in [2.05, 4.69) is 20.4 Å². The maximum atomic E-state index is 12.8. The lowest BCUT2D eigenvalue weighted by Gasteiger charge is -2.14. The topological polar surface area (TPSA) is 93.2 Å². The van der Waals surface area contributed by atoms with Gasteiger partial charge in [-0.05, 0) is 49.1 Å². The molecule has 0 aliphatic rings. The van der Waals surface area contributed by atoms with Gasteiger partial charge in [-0.2, -0.15) is 0 Å². The Labute approximate surface area is 136 Å². The predicted molar refractivity (Wildman–Crippen MR) is 81.4 cm³/mol. The van der Waals surface area contributed by atoms with E-state index in [1.54, 1.807) is 0 Å². The van der Waals surface area contributed by atoms with Crippen molar-refractivity contribution >= 4 is 23.3 Å². The molecule has 0 aliphatic heterocycles. The summed E-state index contributed by atoms with van der Waals surface area (Å²) in [7, 11) is 0. The Hall–Kier alpha value is -2.55. The van der Waals surface area contributed by atoms with Crippen molar-refractivity contribution in [3.8, 4) is 5.75 Å². The van der Waals surface area contributed by atoms with Crippen LogP contribution in [0.5, 0.6) is 5.75 Å². The zero-order valence-corrected chi connectivity index (χ0v) is 13.3. The first kappa shape index (κ1) is 16.8. The lowest BCUT2D eigenvalue weighted by molar-refractivity contribution is -0.128. The van der Waals surface area contributed by atoms with E-state index in [4.69, 9.17) is 4.74 Å². The number of aromatic nitrogens is 2. The molecule has 2 amide bonds. The van der Waals surface area contributed by atoms with Crippen molar-refractivity contribution in [2.24, 2.45) is 0 Å². The van der Waals surface area contributed by atoms with Crippen molar-refractivity contribution in [2.45, 2.75) is 26.4 Å². The van der Waals surface area contributed by atoms with E-state index in [1.165, 1.54) is 31.2 Å². The van der Waals surface area contributed by atoms with Gasteiger partial charge >= 0.3 is 0 Å². The number of nitrogens with zero attached hydrogens (tertiary/aromatic N) is 2. The number of ether oxygens (including phenoxy) is 1. The fourth-order valence-electron chi connectivity index (χ4n) is 1.66. The molecule has 0 aliphatic carbocycles. The number of halogens is 1. The number of nitrogens with one attached hydrogen (secondary N) is 2. The Bertz CT molecular complexity index is 690. The summed E-state index contributed by atoms with van der Waals surface area (Å²) in [4.78, 5) is 24.2. The minimum absolute atomic E-state index is 0.347. The number of aryl methyl sites for hydroxylation is 1. The summed E-state index contributed by atoms with van der Waals surface area (Å²) in [6.45, 7) is 3.36. The molecule has 0 radical (unpaired) electrons. The van der Waals surface area contributed by atoms with Gasteiger partial charge in [0.25, 0.3) is 11.8 Å². The van der Waals surface area contributed by atoms with Crippen LogP contribution in [0.25, 0.3) is 0 Å². The molecule has 0 saturated carbocycles. The predicted octanol–water partition coefficient (Wildman–Crippen LogP) is 1.47. The first-order valence-electron chi connectivity index (χ1n) is 6.85. The minimum atomic E-state index is -0.869. The molecule has 1 aromatic carbocycles. The van der Waals surface area contributed by atoms with E-state index in [1.807, 2.05) is 6.92 Å². The van der Waals surface area contributed by atoms with Crippen molar-refractivity contribution in [1.82, 2.24) is 20.4 Å². The third-order valence-corrected chi connectivity index (χ3v) is 3.66. The van der Waals surface area contributed by atoms with Crippen molar-refractivity contribution in [1.29, 1.82) is 0 Å². The summed E-state index contributed by atoms with van der Waals surface area (Å²) < 4.78 is 21.8. The Morgan fingerprint density at radius 1 is 1.30 bits per heavy atom.